The van der Waals surface area contributed by atoms with Crippen LogP contribution in [0.1, 0.15) is 35.2 Å². The number of hydrogen-bond donors (Lipinski definition) is 1. The summed E-state index contributed by atoms with van der Waals surface area (Å²) in [5.74, 6) is -1.21. The van der Waals surface area contributed by atoms with Gasteiger partial charge in [0, 0.05) is 5.69 Å². The molecule has 0 aromatic heterocycles. The molecular formula is C27H25NO4. The molecule has 1 saturated heterocycles. The van der Waals surface area contributed by atoms with Crippen molar-refractivity contribution in [3.63, 3.8) is 0 Å². The Morgan fingerprint density at radius 1 is 1.00 bits per heavy atom. The van der Waals surface area contributed by atoms with Crippen LogP contribution in [0, 0.1) is 6.92 Å². The predicted octanol–water partition coefficient (Wildman–Crippen LogP) is 5.19. The number of aliphatic hydroxyl groups is 1. The molecule has 1 unspecified atom stereocenters. The molecule has 1 heterocycles. The van der Waals surface area contributed by atoms with Crippen molar-refractivity contribution in [1.29, 1.82) is 0 Å². The fourth-order valence-electron chi connectivity index (χ4n) is 4.09. The zero-order valence-electron chi connectivity index (χ0n) is 18.3. The van der Waals surface area contributed by atoms with Crippen molar-refractivity contribution in [2.45, 2.75) is 26.3 Å². The summed E-state index contributed by atoms with van der Waals surface area (Å²) in [5.41, 5.74) is 3.81. The van der Waals surface area contributed by atoms with E-state index in [4.69, 9.17) is 4.74 Å². The van der Waals surface area contributed by atoms with Gasteiger partial charge in [-0.15, -0.1) is 0 Å². The summed E-state index contributed by atoms with van der Waals surface area (Å²) in [7, 11) is 1.50. The van der Waals surface area contributed by atoms with E-state index in [1.165, 1.54) is 12.0 Å². The molecule has 3 aromatic carbocycles. The highest BCUT2D eigenvalue weighted by Crippen LogP contribution is 2.43. The van der Waals surface area contributed by atoms with Crippen molar-refractivity contribution in [3.05, 3.63) is 101 Å². The molecule has 1 aliphatic rings. The maximum absolute atomic E-state index is 13.2. The molecule has 4 rings (SSSR count). The van der Waals surface area contributed by atoms with Crippen molar-refractivity contribution >= 4 is 23.1 Å². The van der Waals surface area contributed by atoms with Crippen LogP contribution < -0.4 is 9.64 Å². The number of anilines is 1. The molecule has 1 N–H and O–H groups in total. The summed E-state index contributed by atoms with van der Waals surface area (Å²) in [6.45, 7) is 3.95. The lowest BCUT2D eigenvalue weighted by Crippen LogP contribution is -2.29. The highest BCUT2D eigenvalue weighted by atomic mass is 16.5. The number of hydrogen-bond acceptors (Lipinski definition) is 4. The topological polar surface area (TPSA) is 66.8 Å². The van der Waals surface area contributed by atoms with E-state index in [-0.39, 0.29) is 11.3 Å². The van der Waals surface area contributed by atoms with Gasteiger partial charge in [0.15, 0.2) is 0 Å². The van der Waals surface area contributed by atoms with E-state index in [0.717, 1.165) is 23.1 Å². The number of benzene rings is 3. The Kier molecular flexibility index (Phi) is 5.82. The van der Waals surface area contributed by atoms with Crippen molar-refractivity contribution in [3.8, 4) is 5.75 Å². The Labute approximate surface area is 187 Å². The second-order valence-corrected chi connectivity index (χ2v) is 7.80. The van der Waals surface area contributed by atoms with Gasteiger partial charge in [0.25, 0.3) is 11.7 Å². The maximum Gasteiger partial charge on any atom is 0.300 e. The Morgan fingerprint density at radius 2 is 1.69 bits per heavy atom. The first kappa shape index (κ1) is 21.4. The van der Waals surface area contributed by atoms with Gasteiger partial charge in [0.1, 0.15) is 11.5 Å². The fourth-order valence-corrected chi connectivity index (χ4v) is 4.09. The second kappa shape index (κ2) is 8.71. The zero-order chi connectivity index (χ0) is 22.8. The average molecular weight is 428 g/mol. The third kappa shape index (κ3) is 3.66. The normalized spacial score (nSPS) is 17.6. The van der Waals surface area contributed by atoms with Crippen LogP contribution in [0.4, 0.5) is 5.69 Å². The molecule has 5 nitrogen and oxygen atoms in total. The van der Waals surface area contributed by atoms with Crippen LogP contribution in [-0.4, -0.2) is 23.9 Å². The van der Waals surface area contributed by atoms with Gasteiger partial charge in [-0.1, -0.05) is 61.0 Å². The molecule has 5 heteroatoms. The number of ether oxygens (including phenoxy) is 1. The van der Waals surface area contributed by atoms with Gasteiger partial charge < -0.3 is 9.84 Å². The number of amides is 1. The minimum Gasteiger partial charge on any atom is -0.507 e. The zero-order valence-corrected chi connectivity index (χ0v) is 18.3. The third-order valence-electron chi connectivity index (χ3n) is 5.79. The Morgan fingerprint density at radius 3 is 2.31 bits per heavy atom. The largest absolute Gasteiger partial charge is 0.507 e. The first-order valence-electron chi connectivity index (χ1n) is 10.6. The van der Waals surface area contributed by atoms with E-state index in [2.05, 4.69) is 6.92 Å². The van der Waals surface area contributed by atoms with Gasteiger partial charge in [-0.3, -0.25) is 14.5 Å². The van der Waals surface area contributed by atoms with Crippen molar-refractivity contribution in [2.24, 2.45) is 0 Å². The number of rotatable bonds is 5. The molecule has 1 fully saturated rings. The standard InChI is InChI=1S/C27H25NO4/c1-4-18-11-13-19(14-12-18)24-23(25(29)21-16-17(2)10-15-22(21)32-3)26(30)27(31)28(24)20-8-6-5-7-9-20/h5-16,24,29H,4H2,1-3H3/b25-23+. The van der Waals surface area contributed by atoms with E-state index in [1.54, 1.807) is 24.3 Å². The minimum absolute atomic E-state index is 0.0481. The molecule has 1 amide bonds. The quantitative estimate of drug-likeness (QED) is 0.346. The van der Waals surface area contributed by atoms with Gasteiger partial charge in [0.05, 0.1) is 24.3 Å². The van der Waals surface area contributed by atoms with Crippen molar-refractivity contribution < 1.29 is 19.4 Å². The molecule has 32 heavy (non-hydrogen) atoms. The molecule has 0 bridgehead atoms. The monoisotopic (exact) mass is 427 g/mol. The third-order valence-corrected chi connectivity index (χ3v) is 5.79. The van der Waals surface area contributed by atoms with E-state index in [0.29, 0.717) is 17.0 Å². The van der Waals surface area contributed by atoms with Crippen LogP contribution in [0.25, 0.3) is 5.76 Å². The Balaban J connectivity index is 1.97. The van der Waals surface area contributed by atoms with E-state index in [9.17, 15) is 14.7 Å². The van der Waals surface area contributed by atoms with E-state index >= 15 is 0 Å². The maximum atomic E-state index is 13.2. The fraction of sp³-hybridized carbons (Fsp3) is 0.185. The summed E-state index contributed by atoms with van der Waals surface area (Å²) < 4.78 is 5.42. The van der Waals surface area contributed by atoms with Crippen LogP contribution in [0.15, 0.2) is 78.4 Å². The molecular weight excluding hydrogens is 402 g/mol. The van der Waals surface area contributed by atoms with Gasteiger partial charge in [-0.2, -0.15) is 0 Å². The number of para-hydroxylation sites is 1. The van der Waals surface area contributed by atoms with Crippen LogP contribution in [-0.2, 0) is 16.0 Å². The highest BCUT2D eigenvalue weighted by molar-refractivity contribution is 6.51. The summed E-state index contributed by atoms with van der Waals surface area (Å²) in [5, 5.41) is 11.3. The highest BCUT2D eigenvalue weighted by Gasteiger charge is 2.47. The summed E-state index contributed by atoms with van der Waals surface area (Å²) in [6, 6.07) is 21.4. The average Bonchev–Trinajstić information content (AvgIpc) is 3.09. The molecule has 0 spiro atoms. The number of carbonyl (C=O) groups excluding carboxylic acids is 2. The van der Waals surface area contributed by atoms with Crippen LogP contribution in [0.5, 0.6) is 5.75 Å². The van der Waals surface area contributed by atoms with Crippen LogP contribution >= 0.6 is 0 Å². The number of methoxy groups -OCH3 is 1. The molecule has 0 aliphatic carbocycles. The number of nitrogens with zero attached hydrogens (tertiary/aromatic N) is 1. The van der Waals surface area contributed by atoms with Crippen LogP contribution in [0.3, 0.4) is 0 Å². The predicted molar refractivity (Wildman–Crippen MR) is 125 cm³/mol. The molecule has 1 atom stereocenters. The number of Topliss-reactive ketones (excluding diaryl/α,β-unsaturated/α-hetero) is 1. The lowest BCUT2D eigenvalue weighted by molar-refractivity contribution is -0.132. The smallest absolute Gasteiger partial charge is 0.300 e. The Hall–Kier alpha value is -3.86. The summed E-state index contributed by atoms with van der Waals surface area (Å²) in [6.07, 6.45) is 0.875. The number of carbonyl (C=O) groups is 2. The lowest BCUT2D eigenvalue weighted by atomic mass is 9.93. The number of ketones is 1. The first-order chi connectivity index (χ1) is 15.5. The Bertz CT molecular complexity index is 1200. The van der Waals surface area contributed by atoms with E-state index in [1.807, 2.05) is 55.5 Å². The van der Waals surface area contributed by atoms with Crippen LogP contribution in [0.2, 0.25) is 0 Å². The molecule has 0 saturated carbocycles. The molecule has 162 valence electrons. The second-order valence-electron chi connectivity index (χ2n) is 7.80. The van der Waals surface area contributed by atoms with Crippen molar-refractivity contribution in [1.82, 2.24) is 0 Å². The van der Waals surface area contributed by atoms with Gasteiger partial charge in [-0.05, 0) is 48.7 Å². The molecule has 0 radical (unpaired) electrons. The minimum atomic E-state index is -0.756. The summed E-state index contributed by atoms with van der Waals surface area (Å²) in [4.78, 5) is 27.9. The summed E-state index contributed by atoms with van der Waals surface area (Å²) >= 11 is 0. The van der Waals surface area contributed by atoms with Gasteiger partial charge in [-0.25, -0.2) is 0 Å². The molecule has 1 aliphatic heterocycles. The first-order valence-corrected chi connectivity index (χ1v) is 10.6. The van der Waals surface area contributed by atoms with E-state index < -0.39 is 17.7 Å². The SMILES string of the molecule is CCc1ccc(C2/C(=C(\O)c3cc(C)ccc3OC)C(=O)C(=O)N2c2ccccc2)cc1. The van der Waals surface area contributed by atoms with Crippen molar-refractivity contribution in [2.75, 3.05) is 12.0 Å². The number of aryl methyl sites for hydroxylation is 2. The number of aliphatic hydroxyl groups excluding tert-OH is 1. The molecule has 3 aromatic rings. The van der Waals surface area contributed by atoms with Gasteiger partial charge >= 0.3 is 0 Å². The lowest BCUT2D eigenvalue weighted by Gasteiger charge is -2.25. The van der Waals surface area contributed by atoms with Gasteiger partial charge in [0.2, 0.25) is 0 Å².